The third-order valence-electron chi connectivity index (χ3n) is 5.37. The van der Waals surface area contributed by atoms with Crippen molar-refractivity contribution in [1.29, 1.82) is 0 Å². The third kappa shape index (κ3) is 4.03. The molecular formula is C20H27N9O2. The molecule has 0 spiro atoms. The molecule has 0 aliphatic carbocycles. The minimum atomic E-state index is -0.158. The fraction of sp³-hybridized carbons (Fsp3) is 0.450. The molecule has 1 saturated heterocycles. The number of aryl methyl sites for hydroxylation is 2. The summed E-state index contributed by atoms with van der Waals surface area (Å²) in [4.78, 5) is 29.9. The van der Waals surface area contributed by atoms with Crippen LogP contribution in [0.3, 0.4) is 0 Å². The average Bonchev–Trinajstić information content (AvgIpc) is 3.10. The number of nitrogens with two attached hydrogens (primary N) is 1. The van der Waals surface area contributed by atoms with Gasteiger partial charge in [-0.1, -0.05) is 0 Å². The van der Waals surface area contributed by atoms with Crippen molar-refractivity contribution < 1.29 is 9.53 Å². The van der Waals surface area contributed by atoms with Gasteiger partial charge in [0.15, 0.2) is 5.65 Å². The molecule has 1 aliphatic rings. The fourth-order valence-corrected chi connectivity index (χ4v) is 3.79. The van der Waals surface area contributed by atoms with Crippen LogP contribution in [0.25, 0.3) is 11.0 Å². The first-order valence-corrected chi connectivity index (χ1v) is 10.3. The standard InChI is InChI=1S/C20H27N9O2/c1-5-31-16-7-6-15(13(3)23-16)24-20(30)28-8-9-29(12(2)11-28)18-14-10-22-27(4)17(14)25-19(21)26-18/h6-7,10,12H,5,8-9,11H2,1-4H3,(H,24,30)(H2,21,25,26)/t12-/m0/s1. The van der Waals surface area contributed by atoms with Crippen molar-refractivity contribution in [3.63, 3.8) is 0 Å². The number of ether oxygens (including phenoxy) is 1. The number of urea groups is 1. The van der Waals surface area contributed by atoms with Crippen molar-refractivity contribution in [2.45, 2.75) is 26.8 Å². The second-order valence-corrected chi connectivity index (χ2v) is 7.54. The van der Waals surface area contributed by atoms with Crippen LogP contribution in [0.4, 0.5) is 22.2 Å². The van der Waals surface area contributed by atoms with Crippen molar-refractivity contribution in [2.24, 2.45) is 7.05 Å². The van der Waals surface area contributed by atoms with E-state index < -0.39 is 0 Å². The van der Waals surface area contributed by atoms with Gasteiger partial charge >= 0.3 is 6.03 Å². The number of amides is 2. The number of piperazine rings is 1. The summed E-state index contributed by atoms with van der Waals surface area (Å²) in [5, 5.41) is 8.08. The molecule has 0 unspecified atom stereocenters. The summed E-state index contributed by atoms with van der Waals surface area (Å²) in [6.07, 6.45) is 1.75. The van der Waals surface area contributed by atoms with Gasteiger partial charge in [0.25, 0.3) is 0 Å². The highest BCUT2D eigenvalue weighted by Gasteiger charge is 2.29. The van der Waals surface area contributed by atoms with Crippen LogP contribution in [0.2, 0.25) is 0 Å². The van der Waals surface area contributed by atoms with Crippen molar-refractivity contribution in [3.05, 3.63) is 24.0 Å². The number of aromatic nitrogens is 5. The zero-order valence-corrected chi connectivity index (χ0v) is 18.2. The van der Waals surface area contributed by atoms with Crippen LogP contribution in [0, 0.1) is 6.92 Å². The molecule has 11 heteroatoms. The number of nitrogens with one attached hydrogen (secondary N) is 1. The lowest BCUT2D eigenvalue weighted by Gasteiger charge is -2.40. The number of fused-ring (bicyclic) bond motifs is 1. The van der Waals surface area contributed by atoms with Gasteiger partial charge in [-0.25, -0.2) is 9.78 Å². The molecule has 31 heavy (non-hydrogen) atoms. The third-order valence-corrected chi connectivity index (χ3v) is 5.37. The number of hydrogen-bond donors (Lipinski definition) is 2. The van der Waals surface area contributed by atoms with E-state index in [9.17, 15) is 4.79 Å². The fourth-order valence-electron chi connectivity index (χ4n) is 3.79. The smallest absolute Gasteiger partial charge is 0.322 e. The number of carbonyl (C=O) groups excluding carboxylic acids is 1. The van der Waals surface area contributed by atoms with E-state index in [1.165, 1.54) is 0 Å². The second-order valence-electron chi connectivity index (χ2n) is 7.54. The molecule has 11 nitrogen and oxygen atoms in total. The molecule has 1 aliphatic heterocycles. The molecule has 1 fully saturated rings. The Kier molecular flexibility index (Phi) is 5.49. The minimum absolute atomic E-state index is 0.0387. The SMILES string of the molecule is CCOc1ccc(NC(=O)N2CCN(c3nc(N)nc4c3cnn4C)[C@@H](C)C2)c(C)n1. The topological polar surface area (TPSA) is 127 Å². The molecule has 0 aromatic carbocycles. The number of hydrogen-bond acceptors (Lipinski definition) is 8. The van der Waals surface area contributed by atoms with Crippen LogP contribution in [0.1, 0.15) is 19.5 Å². The van der Waals surface area contributed by atoms with E-state index in [1.54, 1.807) is 21.8 Å². The lowest BCUT2D eigenvalue weighted by molar-refractivity contribution is 0.200. The summed E-state index contributed by atoms with van der Waals surface area (Å²) in [6, 6.07) is 3.45. The number of nitrogen functional groups attached to an aromatic ring is 1. The van der Waals surface area contributed by atoms with E-state index in [4.69, 9.17) is 10.5 Å². The van der Waals surface area contributed by atoms with Crippen molar-refractivity contribution >= 4 is 34.5 Å². The Morgan fingerprint density at radius 1 is 1.29 bits per heavy atom. The molecule has 4 rings (SSSR count). The number of carbonyl (C=O) groups is 1. The summed E-state index contributed by atoms with van der Waals surface area (Å²) < 4.78 is 7.09. The Labute approximate surface area is 180 Å². The maximum Gasteiger partial charge on any atom is 0.322 e. The monoisotopic (exact) mass is 425 g/mol. The maximum atomic E-state index is 12.9. The summed E-state index contributed by atoms with van der Waals surface area (Å²) >= 11 is 0. The molecule has 4 heterocycles. The number of pyridine rings is 1. The number of nitrogens with zero attached hydrogens (tertiary/aromatic N) is 7. The van der Waals surface area contributed by atoms with E-state index in [-0.39, 0.29) is 18.0 Å². The summed E-state index contributed by atoms with van der Waals surface area (Å²) in [6.45, 7) is 8.06. The first-order chi connectivity index (χ1) is 14.9. The number of anilines is 3. The molecule has 3 aromatic heterocycles. The van der Waals surface area contributed by atoms with Crippen LogP contribution >= 0.6 is 0 Å². The Morgan fingerprint density at radius 2 is 2.10 bits per heavy atom. The Bertz CT molecular complexity index is 1110. The summed E-state index contributed by atoms with van der Waals surface area (Å²) in [7, 11) is 1.82. The van der Waals surface area contributed by atoms with Crippen molar-refractivity contribution in [1.82, 2.24) is 29.6 Å². The lowest BCUT2D eigenvalue weighted by Crippen LogP contribution is -2.55. The first-order valence-electron chi connectivity index (χ1n) is 10.3. The highest BCUT2D eigenvalue weighted by atomic mass is 16.5. The number of rotatable bonds is 4. The van der Waals surface area contributed by atoms with Gasteiger partial charge < -0.3 is 25.6 Å². The molecule has 0 radical (unpaired) electrons. The van der Waals surface area contributed by atoms with E-state index >= 15 is 0 Å². The summed E-state index contributed by atoms with van der Waals surface area (Å²) in [5.41, 5.74) is 8.00. The zero-order valence-electron chi connectivity index (χ0n) is 18.2. The zero-order chi connectivity index (χ0) is 22.1. The maximum absolute atomic E-state index is 12.9. The van der Waals surface area contributed by atoms with Crippen LogP contribution in [0.15, 0.2) is 18.3 Å². The van der Waals surface area contributed by atoms with Gasteiger partial charge in [0, 0.05) is 38.8 Å². The second kappa shape index (κ2) is 8.25. The first kappa shape index (κ1) is 20.6. The van der Waals surface area contributed by atoms with E-state index in [1.807, 2.05) is 27.0 Å². The van der Waals surface area contributed by atoms with E-state index in [0.717, 1.165) is 11.2 Å². The molecule has 0 saturated carbocycles. The minimum Gasteiger partial charge on any atom is -0.478 e. The van der Waals surface area contributed by atoms with Gasteiger partial charge in [-0.2, -0.15) is 15.1 Å². The molecule has 3 N–H and O–H groups in total. The van der Waals surface area contributed by atoms with Crippen LogP contribution in [0.5, 0.6) is 5.88 Å². The summed E-state index contributed by atoms with van der Waals surface area (Å²) in [5.74, 6) is 1.50. The van der Waals surface area contributed by atoms with Gasteiger partial charge in [0.1, 0.15) is 5.82 Å². The van der Waals surface area contributed by atoms with E-state index in [2.05, 4.69) is 37.2 Å². The van der Waals surface area contributed by atoms with Gasteiger partial charge in [0.05, 0.1) is 29.6 Å². The Balaban J connectivity index is 1.47. The van der Waals surface area contributed by atoms with Gasteiger partial charge in [-0.15, -0.1) is 0 Å². The molecule has 0 bridgehead atoms. The Morgan fingerprint density at radius 3 is 2.81 bits per heavy atom. The molecule has 3 aromatic rings. The Hall–Kier alpha value is -3.63. The van der Waals surface area contributed by atoms with Gasteiger partial charge in [-0.05, 0) is 26.8 Å². The largest absolute Gasteiger partial charge is 0.478 e. The quantitative estimate of drug-likeness (QED) is 0.648. The predicted molar refractivity (Wildman–Crippen MR) is 118 cm³/mol. The van der Waals surface area contributed by atoms with Crippen molar-refractivity contribution in [2.75, 3.05) is 42.2 Å². The molecule has 164 valence electrons. The molecular weight excluding hydrogens is 398 g/mol. The normalized spacial score (nSPS) is 16.6. The van der Waals surface area contributed by atoms with Crippen LogP contribution < -0.4 is 20.7 Å². The molecule has 2 amide bonds. The van der Waals surface area contributed by atoms with Gasteiger partial charge in [0.2, 0.25) is 11.8 Å². The van der Waals surface area contributed by atoms with E-state index in [0.29, 0.717) is 49.1 Å². The van der Waals surface area contributed by atoms with Crippen LogP contribution in [-0.2, 0) is 7.05 Å². The van der Waals surface area contributed by atoms with Crippen molar-refractivity contribution in [3.8, 4) is 5.88 Å². The van der Waals surface area contributed by atoms with Crippen LogP contribution in [-0.4, -0.2) is 67.9 Å². The predicted octanol–water partition coefficient (Wildman–Crippen LogP) is 1.79. The highest BCUT2D eigenvalue weighted by Crippen LogP contribution is 2.27. The highest BCUT2D eigenvalue weighted by molar-refractivity contribution is 5.91. The van der Waals surface area contributed by atoms with Gasteiger partial charge in [-0.3, -0.25) is 4.68 Å². The average molecular weight is 425 g/mol. The molecule has 1 atom stereocenters. The lowest BCUT2D eigenvalue weighted by atomic mass is 10.2.